The molecule has 0 atom stereocenters. The van der Waals surface area contributed by atoms with Crippen LogP contribution >= 0.6 is 22.7 Å². The number of rotatable bonds is 10. The summed E-state index contributed by atoms with van der Waals surface area (Å²) in [7, 11) is -6.48. The van der Waals surface area contributed by atoms with Gasteiger partial charge in [0.1, 0.15) is 8.42 Å². The number of likely N-dealkylation sites (N-methyl/N-ethyl adjacent to an activating group) is 1. The van der Waals surface area contributed by atoms with Crippen LogP contribution < -0.4 is 14.3 Å². The molecule has 4 rings (SSSR count). The average molecular weight is 592 g/mol. The van der Waals surface area contributed by atoms with Gasteiger partial charge in [-0.3, -0.25) is 14.2 Å². The minimum Gasteiger partial charge on any atom is -0.452 e. The molecule has 4 aromatic rings. The summed E-state index contributed by atoms with van der Waals surface area (Å²) in [5, 5.41) is 3.18. The van der Waals surface area contributed by atoms with Crippen molar-refractivity contribution in [3.8, 4) is 0 Å². The van der Waals surface area contributed by atoms with E-state index in [4.69, 9.17) is 4.74 Å². The van der Waals surface area contributed by atoms with E-state index in [1.54, 1.807) is 53.2 Å². The molecule has 1 amide bonds. The fourth-order valence-electron chi connectivity index (χ4n) is 3.21. The van der Waals surface area contributed by atoms with Crippen molar-refractivity contribution in [2.24, 2.45) is 0 Å². The van der Waals surface area contributed by atoms with E-state index in [-0.39, 0.29) is 25.4 Å². The second-order valence-electron chi connectivity index (χ2n) is 7.74. The number of benzene rings is 2. The summed E-state index contributed by atoms with van der Waals surface area (Å²) in [5.74, 6) is -1.45. The van der Waals surface area contributed by atoms with Crippen molar-refractivity contribution in [2.45, 2.75) is 8.42 Å². The van der Waals surface area contributed by atoms with Crippen LogP contribution in [0.4, 0.5) is 17.1 Å². The Morgan fingerprint density at radius 3 is 1.79 bits per heavy atom. The van der Waals surface area contributed by atoms with E-state index >= 15 is 0 Å². The molecule has 14 heteroatoms. The maximum absolute atomic E-state index is 12.9. The maximum Gasteiger partial charge on any atom is 0.338 e. The highest BCUT2D eigenvalue weighted by Crippen LogP contribution is 2.27. The molecule has 10 nitrogen and oxygen atoms in total. The Labute approximate surface area is 227 Å². The highest BCUT2D eigenvalue weighted by atomic mass is 32.3. The Kier molecular flexibility index (Phi) is 8.16. The number of nitrogens with one attached hydrogen (secondary N) is 2. The van der Waals surface area contributed by atoms with Crippen molar-refractivity contribution < 1.29 is 31.2 Å². The largest absolute Gasteiger partial charge is 0.452 e. The quantitative estimate of drug-likeness (QED) is 0.263. The van der Waals surface area contributed by atoms with Gasteiger partial charge in [0.05, 0.1) is 16.9 Å². The summed E-state index contributed by atoms with van der Waals surface area (Å²) in [6.07, 6.45) is 0. The number of hydrogen-bond acceptors (Lipinski definition) is 9. The molecule has 2 aromatic heterocycles. The van der Waals surface area contributed by atoms with E-state index < -0.39 is 38.5 Å². The molecule has 0 bridgehead atoms. The van der Waals surface area contributed by atoms with E-state index in [2.05, 4.69) is 9.44 Å². The molecule has 0 saturated carbocycles. The van der Waals surface area contributed by atoms with E-state index in [1.165, 1.54) is 42.3 Å². The van der Waals surface area contributed by atoms with E-state index in [9.17, 15) is 26.4 Å². The SMILES string of the molecule is CN(C(=O)COC(=O)c1cc(NS(=O)(=O)c2cccs2)cc(NS(=O)(=O)c2cccs2)c1)c1ccccc1. The van der Waals surface area contributed by atoms with E-state index in [0.717, 1.165) is 22.7 Å². The summed E-state index contributed by atoms with van der Waals surface area (Å²) in [5.41, 5.74) is 0.271. The topological polar surface area (TPSA) is 139 Å². The lowest BCUT2D eigenvalue weighted by atomic mass is 10.2. The highest BCUT2D eigenvalue weighted by Gasteiger charge is 2.21. The number of carbonyl (C=O) groups is 2. The fourth-order valence-corrected chi connectivity index (χ4v) is 7.28. The smallest absolute Gasteiger partial charge is 0.338 e. The predicted octanol–water partition coefficient (Wildman–Crippen LogP) is 4.23. The monoisotopic (exact) mass is 591 g/mol. The Morgan fingerprint density at radius 1 is 0.789 bits per heavy atom. The summed E-state index contributed by atoms with van der Waals surface area (Å²) in [4.78, 5) is 26.7. The van der Waals surface area contributed by atoms with Crippen LogP contribution in [0.15, 0.2) is 92.0 Å². The van der Waals surface area contributed by atoms with Gasteiger partial charge in [-0.25, -0.2) is 21.6 Å². The zero-order chi connectivity index (χ0) is 27.3. The molecule has 38 heavy (non-hydrogen) atoms. The molecule has 2 N–H and O–H groups in total. The van der Waals surface area contributed by atoms with Crippen molar-refractivity contribution in [3.63, 3.8) is 0 Å². The number of thiophene rings is 2. The molecule has 0 spiro atoms. The molecule has 0 radical (unpaired) electrons. The van der Waals surface area contributed by atoms with Crippen molar-refractivity contribution in [1.29, 1.82) is 0 Å². The van der Waals surface area contributed by atoms with Gasteiger partial charge in [0.2, 0.25) is 0 Å². The minimum atomic E-state index is -4.00. The average Bonchev–Trinajstić information content (AvgIpc) is 3.62. The summed E-state index contributed by atoms with van der Waals surface area (Å²) in [6, 6.07) is 18.3. The Hall–Kier alpha value is -3.72. The molecule has 0 aliphatic rings. The number of esters is 1. The van der Waals surface area contributed by atoms with Crippen molar-refractivity contribution in [3.05, 3.63) is 89.1 Å². The van der Waals surface area contributed by atoms with Crippen LogP contribution in [-0.2, 0) is 29.6 Å². The normalized spacial score (nSPS) is 11.5. The van der Waals surface area contributed by atoms with Crippen LogP contribution in [0.2, 0.25) is 0 Å². The van der Waals surface area contributed by atoms with Gasteiger partial charge in [-0.15, -0.1) is 22.7 Å². The fraction of sp³-hybridized carbons (Fsp3) is 0.0833. The van der Waals surface area contributed by atoms with Crippen LogP contribution in [0.3, 0.4) is 0 Å². The Balaban J connectivity index is 1.59. The van der Waals surface area contributed by atoms with Gasteiger partial charge in [-0.05, 0) is 53.2 Å². The molecular weight excluding hydrogens is 571 g/mol. The lowest BCUT2D eigenvalue weighted by molar-refractivity contribution is -0.121. The van der Waals surface area contributed by atoms with Gasteiger partial charge in [0.15, 0.2) is 6.61 Å². The van der Waals surface area contributed by atoms with Gasteiger partial charge in [0, 0.05) is 12.7 Å². The molecular formula is C24H21N3O7S4. The maximum atomic E-state index is 12.9. The molecule has 0 fully saturated rings. The Morgan fingerprint density at radius 2 is 1.32 bits per heavy atom. The Bertz CT molecular complexity index is 1550. The standard InChI is InChI=1S/C24H21N3O7S4/c1-27(20-7-3-2-4-8-20)21(28)16-34-24(29)17-13-18(25-37(30,31)22-9-5-11-35-22)15-19(14-17)26-38(32,33)23-10-6-12-36-23/h2-15,25-26H,16H2,1H3. The predicted molar refractivity (Wildman–Crippen MR) is 147 cm³/mol. The van der Waals surface area contributed by atoms with Gasteiger partial charge < -0.3 is 9.64 Å². The third-order valence-corrected chi connectivity index (χ3v) is 10.6. The number of sulfonamides is 2. The van der Waals surface area contributed by atoms with Gasteiger partial charge >= 0.3 is 5.97 Å². The third kappa shape index (κ3) is 6.58. The van der Waals surface area contributed by atoms with Gasteiger partial charge in [-0.2, -0.15) is 0 Å². The molecule has 198 valence electrons. The number of nitrogens with zero attached hydrogens (tertiary/aromatic N) is 1. The lowest BCUT2D eigenvalue weighted by Gasteiger charge is -2.17. The molecule has 0 unspecified atom stereocenters. The van der Waals surface area contributed by atoms with Crippen molar-refractivity contribution in [1.82, 2.24) is 0 Å². The summed E-state index contributed by atoms with van der Waals surface area (Å²) in [6.45, 7) is -0.592. The van der Waals surface area contributed by atoms with Crippen LogP contribution in [0.25, 0.3) is 0 Å². The minimum absolute atomic E-state index is 0.0285. The zero-order valence-corrected chi connectivity index (χ0v) is 23.0. The van der Waals surface area contributed by atoms with Gasteiger partial charge in [0.25, 0.3) is 26.0 Å². The second-order valence-corrected chi connectivity index (χ2v) is 13.5. The number of hydrogen-bond donors (Lipinski definition) is 2. The molecule has 0 aliphatic carbocycles. The summed E-state index contributed by atoms with van der Waals surface area (Å²) >= 11 is 1.98. The molecule has 0 aliphatic heterocycles. The molecule has 0 saturated heterocycles. The number of ether oxygens (including phenoxy) is 1. The lowest BCUT2D eigenvalue weighted by Crippen LogP contribution is -2.31. The first kappa shape index (κ1) is 27.3. The first-order valence-corrected chi connectivity index (χ1v) is 15.5. The summed E-state index contributed by atoms with van der Waals surface area (Å²) < 4.78 is 60.9. The van der Waals surface area contributed by atoms with Crippen LogP contribution in [0.1, 0.15) is 10.4 Å². The number of carbonyl (C=O) groups excluding carboxylic acids is 2. The van der Waals surface area contributed by atoms with Crippen LogP contribution in [0.5, 0.6) is 0 Å². The van der Waals surface area contributed by atoms with Crippen molar-refractivity contribution in [2.75, 3.05) is 28.0 Å². The van der Waals surface area contributed by atoms with E-state index in [1.807, 2.05) is 0 Å². The van der Waals surface area contributed by atoms with E-state index in [0.29, 0.717) is 5.69 Å². The van der Waals surface area contributed by atoms with Crippen molar-refractivity contribution >= 4 is 71.7 Å². The van der Waals surface area contributed by atoms with Gasteiger partial charge in [-0.1, -0.05) is 30.3 Å². The first-order valence-electron chi connectivity index (χ1n) is 10.8. The zero-order valence-electron chi connectivity index (χ0n) is 19.7. The molecule has 2 aromatic carbocycles. The molecule has 2 heterocycles. The number of para-hydroxylation sites is 1. The third-order valence-electron chi connectivity index (χ3n) is 5.04. The number of anilines is 3. The highest BCUT2D eigenvalue weighted by molar-refractivity contribution is 7.95. The van der Waals surface area contributed by atoms with Crippen LogP contribution in [-0.4, -0.2) is 42.4 Å². The second kappa shape index (κ2) is 11.3. The first-order chi connectivity index (χ1) is 18.0. The van der Waals surface area contributed by atoms with Crippen LogP contribution in [0, 0.1) is 0 Å². The number of amides is 1.